The Hall–Kier alpha value is -1.42. The van der Waals surface area contributed by atoms with Gasteiger partial charge in [0.1, 0.15) is 6.61 Å². The Bertz CT molecular complexity index is 353. The smallest absolute Gasteiger partial charge is 0.203 e. The number of methoxy groups -OCH3 is 2. The Morgan fingerprint density at radius 3 is 2.44 bits per heavy atom. The van der Waals surface area contributed by atoms with Crippen LogP contribution in [0.5, 0.6) is 17.2 Å². The zero-order valence-corrected chi connectivity index (χ0v) is 11.1. The maximum absolute atomic E-state index is 5.88. The van der Waals surface area contributed by atoms with E-state index in [1.165, 1.54) is 12.8 Å². The van der Waals surface area contributed by atoms with Gasteiger partial charge in [-0.3, -0.25) is 0 Å². The highest BCUT2D eigenvalue weighted by Crippen LogP contribution is 2.36. The third-order valence-corrected chi connectivity index (χ3v) is 3.22. The monoisotopic (exact) mass is 251 g/mol. The Labute approximate surface area is 108 Å². The van der Waals surface area contributed by atoms with Crippen LogP contribution < -0.4 is 19.5 Å². The van der Waals surface area contributed by atoms with Crippen LogP contribution in [-0.4, -0.2) is 33.4 Å². The summed E-state index contributed by atoms with van der Waals surface area (Å²) in [6.45, 7) is 1.73. The van der Waals surface area contributed by atoms with Gasteiger partial charge in [-0.15, -0.1) is 0 Å². The fourth-order valence-electron chi connectivity index (χ4n) is 2.21. The fraction of sp³-hybridized carbons (Fsp3) is 0.571. The fourth-order valence-corrected chi connectivity index (χ4v) is 2.21. The van der Waals surface area contributed by atoms with Crippen LogP contribution in [0.3, 0.4) is 0 Å². The van der Waals surface area contributed by atoms with Crippen molar-refractivity contribution in [2.45, 2.75) is 25.3 Å². The highest BCUT2D eigenvalue weighted by molar-refractivity contribution is 5.51. The summed E-state index contributed by atoms with van der Waals surface area (Å²) in [7, 11) is 3.28. The summed E-state index contributed by atoms with van der Waals surface area (Å²) in [5.74, 6) is 2.12. The highest BCUT2D eigenvalue weighted by atomic mass is 16.5. The van der Waals surface area contributed by atoms with Gasteiger partial charge in [-0.05, 0) is 31.5 Å². The minimum atomic E-state index is 0.424. The molecule has 1 unspecified atom stereocenters. The lowest BCUT2D eigenvalue weighted by molar-refractivity contribution is 0.221. The second-order valence-electron chi connectivity index (χ2n) is 4.45. The molecule has 100 valence electrons. The van der Waals surface area contributed by atoms with Gasteiger partial charge in [0, 0.05) is 6.04 Å². The topological polar surface area (TPSA) is 39.7 Å². The second-order valence-corrected chi connectivity index (χ2v) is 4.45. The van der Waals surface area contributed by atoms with Crippen LogP contribution in [0.4, 0.5) is 0 Å². The molecule has 4 nitrogen and oxygen atoms in total. The minimum absolute atomic E-state index is 0.424. The molecule has 4 heteroatoms. The molecule has 0 spiro atoms. The number of para-hydroxylation sites is 1. The molecule has 1 aliphatic rings. The molecule has 0 amide bonds. The van der Waals surface area contributed by atoms with Crippen LogP contribution in [0.15, 0.2) is 18.2 Å². The molecule has 1 aromatic rings. The first kappa shape index (κ1) is 13.0. The molecular formula is C14H21NO3. The first-order valence-corrected chi connectivity index (χ1v) is 6.42. The molecule has 0 aromatic heterocycles. The molecule has 1 atom stereocenters. The number of nitrogens with one attached hydrogen (secondary N) is 1. The van der Waals surface area contributed by atoms with Crippen molar-refractivity contribution in [2.24, 2.45) is 0 Å². The molecule has 1 aromatic carbocycles. The molecule has 1 fully saturated rings. The standard InChI is InChI=1S/C14H21NO3/c1-16-12-7-5-8-13(17-2)14(12)18-10-11-6-3-4-9-15-11/h5,7-8,11,15H,3-4,6,9-10H2,1-2H3. The Kier molecular flexibility index (Phi) is 4.70. The van der Waals surface area contributed by atoms with Crippen molar-refractivity contribution in [2.75, 3.05) is 27.4 Å². The van der Waals surface area contributed by atoms with Crippen molar-refractivity contribution in [1.82, 2.24) is 5.32 Å². The van der Waals surface area contributed by atoms with Gasteiger partial charge < -0.3 is 19.5 Å². The van der Waals surface area contributed by atoms with Gasteiger partial charge >= 0.3 is 0 Å². The van der Waals surface area contributed by atoms with Crippen molar-refractivity contribution in [1.29, 1.82) is 0 Å². The Balaban J connectivity index is 2.02. The predicted octanol–water partition coefficient (Wildman–Crippen LogP) is 2.22. The number of benzene rings is 1. The van der Waals surface area contributed by atoms with Gasteiger partial charge in [0.25, 0.3) is 0 Å². The van der Waals surface area contributed by atoms with Crippen LogP contribution in [0, 0.1) is 0 Å². The van der Waals surface area contributed by atoms with Crippen molar-refractivity contribution >= 4 is 0 Å². The molecule has 1 N–H and O–H groups in total. The highest BCUT2D eigenvalue weighted by Gasteiger charge is 2.16. The van der Waals surface area contributed by atoms with E-state index in [1.807, 2.05) is 18.2 Å². The van der Waals surface area contributed by atoms with E-state index in [4.69, 9.17) is 14.2 Å². The lowest BCUT2D eigenvalue weighted by Gasteiger charge is -2.24. The van der Waals surface area contributed by atoms with Crippen LogP contribution in [0.2, 0.25) is 0 Å². The van der Waals surface area contributed by atoms with Crippen LogP contribution in [-0.2, 0) is 0 Å². The van der Waals surface area contributed by atoms with E-state index in [1.54, 1.807) is 14.2 Å². The SMILES string of the molecule is COc1cccc(OC)c1OCC1CCCCN1. The van der Waals surface area contributed by atoms with Crippen molar-refractivity contribution in [3.8, 4) is 17.2 Å². The molecule has 1 heterocycles. The Morgan fingerprint density at radius 1 is 1.17 bits per heavy atom. The summed E-state index contributed by atoms with van der Waals surface area (Å²) in [5, 5.41) is 3.46. The molecule has 0 aliphatic carbocycles. The van der Waals surface area contributed by atoms with Gasteiger partial charge in [-0.2, -0.15) is 0 Å². The molecule has 18 heavy (non-hydrogen) atoms. The summed E-state index contributed by atoms with van der Waals surface area (Å²) < 4.78 is 16.5. The zero-order chi connectivity index (χ0) is 12.8. The average molecular weight is 251 g/mol. The van der Waals surface area contributed by atoms with Crippen LogP contribution in [0.1, 0.15) is 19.3 Å². The number of piperidine rings is 1. The quantitative estimate of drug-likeness (QED) is 0.871. The molecule has 2 rings (SSSR count). The van der Waals surface area contributed by atoms with E-state index in [2.05, 4.69) is 5.32 Å². The lowest BCUT2D eigenvalue weighted by Crippen LogP contribution is -2.38. The largest absolute Gasteiger partial charge is 0.493 e. The molecular weight excluding hydrogens is 230 g/mol. The molecule has 0 radical (unpaired) electrons. The minimum Gasteiger partial charge on any atom is -0.493 e. The average Bonchev–Trinajstić information content (AvgIpc) is 2.45. The molecule has 1 aliphatic heterocycles. The second kappa shape index (κ2) is 6.50. The van der Waals surface area contributed by atoms with E-state index >= 15 is 0 Å². The van der Waals surface area contributed by atoms with E-state index < -0.39 is 0 Å². The third kappa shape index (κ3) is 3.07. The summed E-state index contributed by atoms with van der Waals surface area (Å²) in [4.78, 5) is 0. The Morgan fingerprint density at radius 2 is 1.89 bits per heavy atom. The van der Waals surface area contributed by atoms with E-state index in [9.17, 15) is 0 Å². The zero-order valence-electron chi connectivity index (χ0n) is 11.1. The normalized spacial score (nSPS) is 19.3. The maximum atomic E-state index is 5.88. The lowest BCUT2D eigenvalue weighted by atomic mass is 10.1. The first-order chi connectivity index (χ1) is 8.85. The number of hydrogen-bond donors (Lipinski definition) is 1. The van der Waals surface area contributed by atoms with E-state index in [0.717, 1.165) is 13.0 Å². The van der Waals surface area contributed by atoms with Crippen LogP contribution >= 0.6 is 0 Å². The van der Waals surface area contributed by atoms with E-state index in [-0.39, 0.29) is 0 Å². The van der Waals surface area contributed by atoms with E-state index in [0.29, 0.717) is 29.9 Å². The molecule has 0 saturated carbocycles. The van der Waals surface area contributed by atoms with Gasteiger partial charge in [0.15, 0.2) is 11.5 Å². The summed E-state index contributed by atoms with van der Waals surface area (Å²) in [6, 6.07) is 6.08. The summed E-state index contributed by atoms with van der Waals surface area (Å²) in [6.07, 6.45) is 3.69. The predicted molar refractivity (Wildman–Crippen MR) is 70.7 cm³/mol. The van der Waals surface area contributed by atoms with Gasteiger partial charge in [0.2, 0.25) is 5.75 Å². The van der Waals surface area contributed by atoms with Crippen molar-refractivity contribution in [3.05, 3.63) is 18.2 Å². The summed E-state index contributed by atoms with van der Waals surface area (Å²) >= 11 is 0. The van der Waals surface area contributed by atoms with Crippen molar-refractivity contribution in [3.63, 3.8) is 0 Å². The first-order valence-electron chi connectivity index (χ1n) is 6.42. The summed E-state index contributed by atoms with van der Waals surface area (Å²) in [5.41, 5.74) is 0. The van der Waals surface area contributed by atoms with Crippen LogP contribution in [0.25, 0.3) is 0 Å². The maximum Gasteiger partial charge on any atom is 0.203 e. The molecule has 0 bridgehead atoms. The number of ether oxygens (including phenoxy) is 3. The van der Waals surface area contributed by atoms with Crippen molar-refractivity contribution < 1.29 is 14.2 Å². The van der Waals surface area contributed by atoms with Gasteiger partial charge in [-0.25, -0.2) is 0 Å². The number of rotatable bonds is 5. The third-order valence-electron chi connectivity index (χ3n) is 3.22. The van der Waals surface area contributed by atoms with Gasteiger partial charge in [0.05, 0.1) is 14.2 Å². The van der Waals surface area contributed by atoms with Gasteiger partial charge in [-0.1, -0.05) is 12.5 Å². The molecule has 1 saturated heterocycles. The number of hydrogen-bond acceptors (Lipinski definition) is 4.